The van der Waals surface area contributed by atoms with Crippen LogP contribution in [-0.4, -0.2) is 29.5 Å². The molecule has 3 heteroatoms. The Bertz CT molecular complexity index is 362. The molecule has 1 unspecified atom stereocenters. The van der Waals surface area contributed by atoms with Crippen LogP contribution >= 0.6 is 0 Å². The molecule has 0 spiro atoms. The fourth-order valence-electron chi connectivity index (χ4n) is 2.73. The average molecular weight is 233 g/mol. The van der Waals surface area contributed by atoms with Crippen molar-refractivity contribution in [3.63, 3.8) is 0 Å². The number of hydrogen-bond donors (Lipinski definition) is 1. The first kappa shape index (κ1) is 12.4. The molecule has 0 aliphatic carbocycles. The summed E-state index contributed by atoms with van der Waals surface area (Å²) in [6.07, 6.45) is 4.56. The maximum Gasteiger partial charge on any atom is 0.0564 e. The molecule has 1 aliphatic heterocycles. The highest BCUT2D eigenvalue weighted by Crippen LogP contribution is 2.25. The zero-order valence-corrected chi connectivity index (χ0v) is 11.1. The van der Waals surface area contributed by atoms with E-state index in [1.807, 2.05) is 19.3 Å². The van der Waals surface area contributed by atoms with E-state index in [1.165, 1.54) is 25.1 Å². The minimum absolute atomic E-state index is 0.732. The lowest BCUT2D eigenvalue weighted by atomic mass is 10.0. The van der Waals surface area contributed by atoms with Gasteiger partial charge in [-0.2, -0.15) is 0 Å². The summed E-state index contributed by atoms with van der Waals surface area (Å²) in [6, 6.07) is 4.89. The maximum atomic E-state index is 4.46. The van der Waals surface area contributed by atoms with Crippen molar-refractivity contribution < 1.29 is 0 Å². The van der Waals surface area contributed by atoms with Gasteiger partial charge in [-0.25, -0.2) is 0 Å². The van der Waals surface area contributed by atoms with E-state index < -0.39 is 0 Å². The third kappa shape index (κ3) is 2.97. The van der Waals surface area contributed by atoms with Gasteiger partial charge in [0.1, 0.15) is 0 Å². The Morgan fingerprint density at radius 2 is 2.35 bits per heavy atom. The Hall–Kier alpha value is -1.09. The summed E-state index contributed by atoms with van der Waals surface area (Å²) in [5.41, 5.74) is 2.32. The Morgan fingerprint density at radius 1 is 1.53 bits per heavy atom. The van der Waals surface area contributed by atoms with Crippen LogP contribution in [0.3, 0.4) is 0 Å². The average Bonchev–Trinajstić information content (AvgIpc) is 2.77. The van der Waals surface area contributed by atoms with E-state index in [0.717, 1.165) is 24.2 Å². The highest BCUT2D eigenvalue weighted by molar-refractivity contribution is 5.42. The van der Waals surface area contributed by atoms with Crippen molar-refractivity contribution in [2.45, 2.75) is 39.3 Å². The van der Waals surface area contributed by atoms with Crippen LogP contribution in [0.2, 0.25) is 0 Å². The Labute approximate surface area is 104 Å². The molecule has 94 valence electrons. The van der Waals surface area contributed by atoms with Crippen LogP contribution in [0.5, 0.6) is 0 Å². The molecule has 1 N–H and O–H groups in total. The van der Waals surface area contributed by atoms with Crippen LogP contribution in [0.1, 0.15) is 32.4 Å². The third-order valence-corrected chi connectivity index (χ3v) is 3.65. The second-order valence-corrected chi connectivity index (χ2v) is 5.21. The van der Waals surface area contributed by atoms with Gasteiger partial charge in [-0.1, -0.05) is 13.8 Å². The lowest BCUT2D eigenvalue weighted by Crippen LogP contribution is -2.33. The SMILES string of the molecule is CNc1ccnc(CN2CCCC2C(C)C)c1. The number of pyridine rings is 1. The molecule has 0 saturated carbocycles. The van der Waals surface area contributed by atoms with Gasteiger partial charge in [-0.15, -0.1) is 0 Å². The summed E-state index contributed by atoms with van der Waals surface area (Å²) in [4.78, 5) is 7.04. The molecule has 0 bridgehead atoms. The van der Waals surface area contributed by atoms with Crippen molar-refractivity contribution in [1.29, 1.82) is 0 Å². The molecule has 1 saturated heterocycles. The second kappa shape index (κ2) is 5.50. The number of likely N-dealkylation sites (tertiary alicyclic amines) is 1. The summed E-state index contributed by atoms with van der Waals surface area (Å²) in [6.45, 7) is 6.84. The number of nitrogens with zero attached hydrogens (tertiary/aromatic N) is 2. The van der Waals surface area contributed by atoms with Crippen LogP contribution in [0.15, 0.2) is 18.3 Å². The first-order chi connectivity index (χ1) is 8.20. The van der Waals surface area contributed by atoms with Crippen molar-refractivity contribution in [2.24, 2.45) is 5.92 Å². The summed E-state index contributed by atoms with van der Waals surface area (Å²) < 4.78 is 0. The van der Waals surface area contributed by atoms with E-state index in [9.17, 15) is 0 Å². The number of hydrogen-bond acceptors (Lipinski definition) is 3. The smallest absolute Gasteiger partial charge is 0.0564 e. The van der Waals surface area contributed by atoms with Gasteiger partial charge >= 0.3 is 0 Å². The highest BCUT2D eigenvalue weighted by Gasteiger charge is 2.26. The molecule has 2 rings (SSSR count). The molecule has 0 amide bonds. The van der Waals surface area contributed by atoms with E-state index in [0.29, 0.717) is 0 Å². The predicted molar refractivity (Wildman–Crippen MR) is 72.1 cm³/mol. The molecule has 1 fully saturated rings. The Kier molecular flexibility index (Phi) is 4.00. The monoisotopic (exact) mass is 233 g/mol. The molecule has 1 aromatic heterocycles. The summed E-state index contributed by atoms with van der Waals surface area (Å²) in [7, 11) is 1.95. The van der Waals surface area contributed by atoms with E-state index in [2.05, 4.69) is 35.1 Å². The zero-order valence-electron chi connectivity index (χ0n) is 11.1. The Balaban J connectivity index is 2.04. The number of rotatable bonds is 4. The summed E-state index contributed by atoms with van der Waals surface area (Å²) >= 11 is 0. The summed E-state index contributed by atoms with van der Waals surface area (Å²) in [5, 5.41) is 3.17. The number of nitrogens with one attached hydrogen (secondary N) is 1. The van der Waals surface area contributed by atoms with E-state index in [4.69, 9.17) is 0 Å². The van der Waals surface area contributed by atoms with Crippen molar-refractivity contribution in [1.82, 2.24) is 9.88 Å². The normalized spacial score (nSPS) is 21.1. The minimum Gasteiger partial charge on any atom is -0.388 e. The maximum absolute atomic E-state index is 4.46. The van der Waals surface area contributed by atoms with Gasteiger partial charge in [-0.3, -0.25) is 9.88 Å². The fourth-order valence-corrected chi connectivity index (χ4v) is 2.73. The molecule has 0 aromatic carbocycles. The van der Waals surface area contributed by atoms with Crippen LogP contribution in [0.4, 0.5) is 5.69 Å². The first-order valence-electron chi connectivity index (χ1n) is 6.57. The van der Waals surface area contributed by atoms with E-state index >= 15 is 0 Å². The van der Waals surface area contributed by atoms with Crippen LogP contribution < -0.4 is 5.32 Å². The van der Waals surface area contributed by atoms with Crippen LogP contribution in [-0.2, 0) is 6.54 Å². The van der Waals surface area contributed by atoms with Gasteiger partial charge in [0.15, 0.2) is 0 Å². The molecule has 2 heterocycles. The van der Waals surface area contributed by atoms with Crippen molar-refractivity contribution >= 4 is 5.69 Å². The zero-order chi connectivity index (χ0) is 12.3. The quantitative estimate of drug-likeness (QED) is 0.866. The fraction of sp³-hybridized carbons (Fsp3) is 0.643. The summed E-state index contributed by atoms with van der Waals surface area (Å²) in [5.74, 6) is 0.741. The van der Waals surface area contributed by atoms with E-state index in [1.54, 1.807) is 0 Å². The number of aromatic nitrogens is 1. The van der Waals surface area contributed by atoms with Crippen molar-refractivity contribution in [2.75, 3.05) is 18.9 Å². The molecule has 1 aliphatic rings. The molecule has 0 radical (unpaired) electrons. The van der Waals surface area contributed by atoms with Gasteiger partial charge in [0, 0.05) is 31.5 Å². The van der Waals surface area contributed by atoms with Gasteiger partial charge in [0.25, 0.3) is 0 Å². The van der Waals surface area contributed by atoms with Crippen LogP contribution in [0.25, 0.3) is 0 Å². The van der Waals surface area contributed by atoms with Crippen molar-refractivity contribution in [3.05, 3.63) is 24.0 Å². The van der Waals surface area contributed by atoms with Gasteiger partial charge in [0.2, 0.25) is 0 Å². The second-order valence-electron chi connectivity index (χ2n) is 5.21. The lowest BCUT2D eigenvalue weighted by Gasteiger charge is -2.27. The molecule has 1 atom stereocenters. The lowest BCUT2D eigenvalue weighted by molar-refractivity contribution is 0.197. The minimum atomic E-state index is 0.732. The largest absolute Gasteiger partial charge is 0.388 e. The number of anilines is 1. The molecule has 1 aromatic rings. The predicted octanol–water partition coefficient (Wildman–Crippen LogP) is 2.74. The Morgan fingerprint density at radius 3 is 3.06 bits per heavy atom. The molecule has 3 nitrogen and oxygen atoms in total. The third-order valence-electron chi connectivity index (χ3n) is 3.65. The highest BCUT2D eigenvalue weighted by atomic mass is 15.2. The van der Waals surface area contributed by atoms with Gasteiger partial charge in [0.05, 0.1) is 5.69 Å². The molecule has 17 heavy (non-hydrogen) atoms. The topological polar surface area (TPSA) is 28.2 Å². The molecular weight excluding hydrogens is 210 g/mol. The van der Waals surface area contributed by atoms with Gasteiger partial charge in [-0.05, 0) is 37.4 Å². The van der Waals surface area contributed by atoms with Gasteiger partial charge < -0.3 is 5.32 Å². The van der Waals surface area contributed by atoms with Crippen LogP contribution in [0, 0.1) is 5.92 Å². The molecular formula is C14H23N3. The van der Waals surface area contributed by atoms with E-state index in [-0.39, 0.29) is 0 Å². The standard InChI is InChI=1S/C14H23N3/c1-11(2)14-5-4-8-17(14)10-13-9-12(15-3)6-7-16-13/h6-7,9,11,14H,4-5,8,10H2,1-3H3,(H,15,16). The first-order valence-corrected chi connectivity index (χ1v) is 6.57. The van der Waals surface area contributed by atoms with Crippen molar-refractivity contribution in [3.8, 4) is 0 Å².